The topological polar surface area (TPSA) is 74.5 Å². The Kier molecular flexibility index (Phi) is 7.80. The van der Waals surface area contributed by atoms with Gasteiger partial charge >= 0.3 is 0 Å². The normalized spacial score (nSPS) is 11.0. The molecule has 0 heterocycles. The van der Waals surface area contributed by atoms with E-state index in [0.717, 1.165) is 23.4 Å². The number of nitrogens with zero attached hydrogens (tertiary/aromatic N) is 1. The summed E-state index contributed by atoms with van der Waals surface area (Å²) < 4.78 is 32.9. The summed E-state index contributed by atoms with van der Waals surface area (Å²) in [5, 5.41) is 9.83. The third kappa shape index (κ3) is 6.26. The lowest BCUT2D eigenvalue weighted by Crippen LogP contribution is -2.23. The molecule has 0 fully saturated rings. The van der Waals surface area contributed by atoms with E-state index < -0.39 is 23.2 Å². The number of aliphatic imine (C=N–C) groups is 1. The predicted molar refractivity (Wildman–Crippen MR) is 106 cm³/mol. The molecule has 2 rings (SSSR count). The van der Waals surface area contributed by atoms with Crippen LogP contribution in [0.2, 0.25) is 0 Å². The van der Waals surface area contributed by atoms with Crippen LogP contribution in [0.5, 0.6) is 5.75 Å². The predicted octanol–water partition coefficient (Wildman–Crippen LogP) is 4.62. The monoisotopic (exact) mass is 387 g/mol. The van der Waals surface area contributed by atoms with E-state index in [2.05, 4.69) is 24.2 Å². The molecule has 0 bridgehead atoms. The van der Waals surface area contributed by atoms with Crippen molar-refractivity contribution in [2.75, 3.05) is 11.9 Å². The fourth-order valence-electron chi connectivity index (χ4n) is 2.25. The van der Waals surface area contributed by atoms with E-state index in [1.807, 2.05) is 24.3 Å². The molecule has 0 atom stereocenters. The van der Waals surface area contributed by atoms with Gasteiger partial charge in [0.2, 0.25) is 0 Å². The molecule has 0 aliphatic heterocycles. The zero-order valence-corrected chi connectivity index (χ0v) is 15.8. The molecule has 148 valence electrons. The van der Waals surface area contributed by atoms with Gasteiger partial charge in [-0.3, -0.25) is 15.2 Å². The van der Waals surface area contributed by atoms with Crippen LogP contribution in [0.4, 0.5) is 14.5 Å². The molecule has 2 aromatic carbocycles. The average Bonchev–Trinajstić information content (AvgIpc) is 2.66. The number of carbonyl (C=O) groups excluding carboxylic acids is 1. The summed E-state index contributed by atoms with van der Waals surface area (Å²) in [5.74, 6) is -1.53. The first-order valence-electron chi connectivity index (χ1n) is 8.90. The van der Waals surface area contributed by atoms with E-state index in [1.54, 1.807) is 0 Å². The second kappa shape index (κ2) is 10.3. The number of amides is 1. The molecule has 2 N–H and O–H groups in total. The Morgan fingerprint density at radius 2 is 1.86 bits per heavy atom. The van der Waals surface area contributed by atoms with Gasteiger partial charge in [0.1, 0.15) is 28.8 Å². The smallest absolute Gasteiger partial charge is 0.269 e. The molecular formula is C21H23F2N3O2. The van der Waals surface area contributed by atoms with Crippen LogP contribution in [0.1, 0.15) is 25.8 Å². The molecule has 28 heavy (non-hydrogen) atoms. The first-order valence-corrected chi connectivity index (χ1v) is 8.90. The number of carbonyl (C=O) groups is 1. The van der Waals surface area contributed by atoms with Gasteiger partial charge in [-0.05, 0) is 24.1 Å². The number of hydrogen-bond donors (Lipinski definition) is 2. The molecule has 0 aliphatic carbocycles. The van der Waals surface area contributed by atoms with Gasteiger partial charge in [-0.15, -0.1) is 0 Å². The average molecular weight is 387 g/mol. The molecule has 7 heteroatoms. The summed E-state index contributed by atoms with van der Waals surface area (Å²) in [6.45, 7) is 5.05. The quantitative estimate of drug-likeness (QED) is 0.616. The van der Waals surface area contributed by atoms with Crippen LogP contribution >= 0.6 is 0 Å². The minimum absolute atomic E-state index is 0.0586. The van der Waals surface area contributed by atoms with Crippen LogP contribution in [-0.2, 0) is 11.3 Å². The second-order valence-electron chi connectivity index (χ2n) is 6.57. The number of ether oxygens (including phenoxy) is 1. The standard InChI is InChI=1S/C21H23F2N3O2/c1-14(2)13-28-19-9-4-3-6-15(19)12-25-11-10-18(24)21(27)26-20-16(22)7-5-8-17(20)23/h3-9,11,14,24H,10,12-13H2,1-2H3,(H,26,27). The van der Waals surface area contributed by atoms with Crippen molar-refractivity contribution in [3.63, 3.8) is 0 Å². The largest absolute Gasteiger partial charge is 0.493 e. The maximum absolute atomic E-state index is 13.6. The van der Waals surface area contributed by atoms with Crippen molar-refractivity contribution in [2.45, 2.75) is 26.8 Å². The van der Waals surface area contributed by atoms with E-state index in [0.29, 0.717) is 19.1 Å². The lowest BCUT2D eigenvalue weighted by Gasteiger charge is -2.11. The number of para-hydroxylation sites is 2. The van der Waals surface area contributed by atoms with Crippen molar-refractivity contribution in [1.82, 2.24) is 0 Å². The van der Waals surface area contributed by atoms with Crippen LogP contribution in [0.15, 0.2) is 47.5 Å². The fourth-order valence-corrected chi connectivity index (χ4v) is 2.25. The van der Waals surface area contributed by atoms with Gasteiger partial charge in [0.25, 0.3) is 5.91 Å². The lowest BCUT2D eigenvalue weighted by atomic mass is 10.2. The van der Waals surface area contributed by atoms with E-state index in [9.17, 15) is 13.6 Å². The highest BCUT2D eigenvalue weighted by molar-refractivity contribution is 6.43. The van der Waals surface area contributed by atoms with Crippen molar-refractivity contribution >= 4 is 23.5 Å². The van der Waals surface area contributed by atoms with Crippen LogP contribution in [0.25, 0.3) is 0 Å². The maximum Gasteiger partial charge on any atom is 0.269 e. The van der Waals surface area contributed by atoms with Crippen molar-refractivity contribution in [3.05, 3.63) is 59.7 Å². The van der Waals surface area contributed by atoms with E-state index in [1.165, 1.54) is 12.3 Å². The number of nitrogens with one attached hydrogen (secondary N) is 2. The van der Waals surface area contributed by atoms with E-state index >= 15 is 0 Å². The van der Waals surface area contributed by atoms with Gasteiger partial charge in [0.05, 0.1) is 13.2 Å². The molecule has 0 aliphatic rings. The Labute approximate surface area is 163 Å². The molecule has 0 spiro atoms. The number of rotatable bonds is 9. The lowest BCUT2D eigenvalue weighted by molar-refractivity contribution is -0.110. The summed E-state index contributed by atoms with van der Waals surface area (Å²) in [6.07, 6.45) is 1.37. The Morgan fingerprint density at radius 3 is 2.54 bits per heavy atom. The van der Waals surface area contributed by atoms with Crippen molar-refractivity contribution in [2.24, 2.45) is 10.9 Å². The molecule has 0 saturated heterocycles. The molecule has 2 aromatic rings. The summed E-state index contributed by atoms with van der Waals surface area (Å²) in [5.41, 5.74) is -0.0232. The van der Waals surface area contributed by atoms with Gasteiger partial charge in [0.15, 0.2) is 0 Å². The molecule has 0 unspecified atom stereocenters. The van der Waals surface area contributed by atoms with Gasteiger partial charge < -0.3 is 10.1 Å². The first kappa shape index (κ1) is 21.2. The van der Waals surface area contributed by atoms with Crippen LogP contribution in [-0.4, -0.2) is 24.4 Å². The minimum atomic E-state index is -0.896. The van der Waals surface area contributed by atoms with Gasteiger partial charge in [-0.2, -0.15) is 0 Å². The number of halogens is 2. The SMILES string of the molecule is CC(C)COc1ccccc1CN=CCC(=N)C(=O)Nc1c(F)cccc1F. The molecule has 0 saturated carbocycles. The number of anilines is 1. The van der Waals surface area contributed by atoms with E-state index in [4.69, 9.17) is 10.1 Å². The molecule has 0 radical (unpaired) electrons. The molecular weight excluding hydrogens is 364 g/mol. The fraction of sp³-hybridized carbons (Fsp3) is 0.286. The maximum atomic E-state index is 13.6. The number of benzene rings is 2. The highest BCUT2D eigenvalue weighted by atomic mass is 19.1. The summed E-state index contributed by atoms with van der Waals surface area (Å²) in [7, 11) is 0. The van der Waals surface area contributed by atoms with Gasteiger partial charge in [-0.25, -0.2) is 8.78 Å². The zero-order chi connectivity index (χ0) is 20.5. The van der Waals surface area contributed by atoms with Crippen LogP contribution < -0.4 is 10.1 Å². The second-order valence-corrected chi connectivity index (χ2v) is 6.57. The van der Waals surface area contributed by atoms with E-state index in [-0.39, 0.29) is 12.1 Å². The number of hydrogen-bond acceptors (Lipinski definition) is 4. The third-order valence-corrected chi connectivity index (χ3v) is 3.71. The summed E-state index contributed by atoms with van der Waals surface area (Å²) >= 11 is 0. The highest BCUT2D eigenvalue weighted by Gasteiger charge is 2.14. The summed E-state index contributed by atoms with van der Waals surface area (Å²) in [6, 6.07) is 10.8. The molecule has 5 nitrogen and oxygen atoms in total. The van der Waals surface area contributed by atoms with Crippen LogP contribution in [0, 0.1) is 23.0 Å². The van der Waals surface area contributed by atoms with Crippen molar-refractivity contribution in [3.8, 4) is 5.75 Å². The highest BCUT2D eigenvalue weighted by Crippen LogP contribution is 2.20. The Morgan fingerprint density at radius 1 is 1.18 bits per heavy atom. The van der Waals surface area contributed by atoms with Gasteiger partial charge in [-0.1, -0.05) is 38.1 Å². The zero-order valence-electron chi connectivity index (χ0n) is 15.8. The third-order valence-electron chi connectivity index (χ3n) is 3.71. The van der Waals surface area contributed by atoms with Crippen LogP contribution in [0.3, 0.4) is 0 Å². The Hall–Kier alpha value is -3.09. The Bertz CT molecular complexity index is 846. The van der Waals surface area contributed by atoms with Crippen molar-refractivity contribution < 1.29 is 18.3 Å². The summed E-state index contributed by atoms with van der Waals surface area (Å²) in [4.78, 5) is 16.2. The molecule has 1 amide bonds. The Balaban J connectivity index is 1.89. The minimum Gasteiger partial charge on any atom is -0.493 e. The molecule has 0 aromatic heterocycles. The van der Waals surface area contributed by atoms with Gasteiger partial charge in [0, 0.05) is 18.2 Å². The first-order chi connectivity index (χ1) is 13.4. The van der Waals surface area contributed by atoms with Crippen molar-refractivity contribution in [1.29, 1.82) is 5.41 Å².